The molecule has 32 heavy (non-hydrogen) atoms. The summed E-state index contributed by atoms with van der Waals surface area (Å²) in [6, 6.07) is 10.00. The van der Waals surface area contributed by atoms with Crippen LogP contribution in [-0.2, 0) is 14.3 Å². The normalized spacial score (nSPS) is 32.4. The Labute approximate surface area is 191 Å². The molecule has 2 N–H and O–H groups in total. The summed E-state index contributed by atoms with van der Waals surface area (Å²) in [6.07, 6.45) is 8.39. The average molecular weight is 440 g/mol. The lowest BCUT2D eigenvalue weighted by Crippen LogP contribution is -2.49. The van der Waals surface area contributed by atoms with E-state index in [1.807, 2.05) is 18.2 Å². The Kier molecular flexibility index (Phi) is 6.51. The molecule has 5 aliphatic rings. The number of rotatable bonds is 8. The molecule has 1 atom stereocenters. The molecule has 1 unspecified atom stereocenters. The van der Waals surface area contributed by atoms with Gasteiger partial charge in [0.2, 0.25) is 11.8 Å². The van der Waals surface area contributed by atoms with Crippen molar-refractivity contribution in [3.8, 4) is 0 Å². The Bertz CT molecular complexity index is 771. The summed E-state index contributed by atoms with van der Waals surface area (Å²) in [5.41, 5.74) is 1.30. The van der Waals surface area contributed by atoms with Gasteiger partial charge in [-0.25, -0.2) is 0 Å². The highest BCUT2D eigenvalue weighted by Crippen LogP contribution is 2.61. The molecule has 4 bridgehead atoms. The van der Waals surface area contributed by atoms with Gasteiger partial charge in [-0.3, -0.25) is 14.5 Å². The molecule has 5 fully saturated rings. The molecule has 0 radical (unpaired) electrons. The third kappa shape index (κ3) is 5.18. The van der Waals surface area contributed by atoms with Gasteiger partial charge >= 0.3 is 0 Å². The number of benzene rings is 1. The Morgan fingerprint density at radius 3 is 2.22 bits per heavy atom. The van der Waals surface area contributed by atoms with E-state index >= 15 is 0 Å². The van der Waals surface area contributed by atoms with Gasteiger partial charge < -0.3 is 15.4 Å². The van der Waals surface area contributed by atoms with Crippen molar-refractivity contribution < 1.29 is 14.3 Å². The van der Waals surface area contributed by atoms with Crippen LogP contribution in [0.25, 0.3) is 0 Å². The van der Waals surface area contributed by atoms with Crippen molar-refractivity contribution in [3.05, 3.63) is 35.9 Å². The van der Waals surface area contributed by atoms with E-state index in [0.29, 0.717) is 6.42 Å². The number of ether oxygens (including phenoxy) is 1. The first-order chi connectivity index (χ1) is 15.6. The lowest BCUT2D eigenvalue weighted by molar-refractivity contribution is -0.132. The molecule has 0 aromatic heterocycles. The first-order valence-corrected chi connectivity index (χ1v) is 12.5. The first kappa shape index (κ1) is 21.9. The highest BCUT2D eigenvalue weighted by atomic mass is 16.5. The van der Waals surface area contributed by atoms with Crippen LogP contribution < -0.4 is 10.6 Å². The van der Waals surface area contributed by atoms with E-state index in [4.69, 9.17) is 4.74 Å². The smallest absolute Gasteiger partial charge is 0.239 e. The topological polar surface area (TPSA) is 70.7 Å². The van der Waals surface area contributed by atoms with Gasteiger partial charge in [0.15, 0.2) is 0 Å². The Hall–Kier alpha value is -1.92. The average Bonchev–Trinajstić information content (AvgIpc) is 2.77. The summed E-state index contributed by atoms with van der Waals surface area (Å²) >= 11 is 0. The van der Waals surface area contributed by atoms with Gasteiger partial charge in [0, 0.05) is 26.1 Å². The number of nitrogens with one attached hydrogen (secondary N) is 2. The van der Waals surface area contributed by atoms with Crippen LogP contribution in [0.5, 0.6) is 0 Å². The molecule has 1 aliphatic heterocycles. The fourth-order valence-electron chi connectivity index (χ4n) is 7.30. The monoisotopic (exact) mass is 439 g/mol. The minimum Gasteiger partial charge on any atom is -0.379 e. The lowest BCUT2D eigenvalue weighted by atomic mass is 9.49. The molecule has 1 aromatic rings. The van der Waals surface area contributed by atoms with E-state index in [9.17, 15) is 9.59 Å². The Morgan fingerprint density at radius 2 is 1.59 bits per heavy atom. The lowest BCUT2D eigenvalue weighted by Gasteiger charge is -2.56. The third-order valence-electron chi connectivity index (χ3n) is 8.23. The number of amides is 2. The first-order valence-electron chi connectivity index (χ1n) is 12.5. The second-order valence-corrected chi connectivity index (χ2v) is 10.8. The fraction of sp³-hybridized carbons (Fsp3) is 0.692. The van der Waals surface area contributed by atoms with Crippen molar-refractivity contribution in [3.63, 3.8) is 0 Å². The zero-order chi connectivity index (χ0) is 22.0. The van der Waals surface area contributed by atoms with Gasteiger partial charge in [0.25, 0.3) is 0 Å². The zero-order valence-electron chi connectivity index (χ0n) is 19.1. The summed E-state index contributed by atoms with van der Waals surface area (Å²) in [5, 5.41) is 6.09. The quantitative estimate of drug-likeness (QED) is 0.654. The molecule has 0 spiro atoms. The predicted molar refractivity (Wildman–Crippen MR) is 123 cm³/mol. The van der Waals surface area contributed by atoms with E-state index in [1.165, 1.54) is 38.5 Å². The van der Waals surface area contributed by atoms with E-state index in [0.717, 1.165) is 56.2 Å². The van der Waals surface area contributed by atoms with Crippen molar-refractivity contribution in [1.29, 1.82) is 0 Å². The minimum absolute atomic E-state index is 0.0477. The highest BCUT2D eigenvalue weighted by Gasteiger charge is 2.51. The second kappa shape index (κ2) is 9.52. The van der Waals surface area contributed by atoms with E-state index in [2.05, 4.69) is 27.7 Å². The maximum atomic E-state index is 12.8. The largest absolute Gasteiger partial charge is 0.379 e. The molecular weight excluding hydrogens is 402 g/mol. The third-order valence-corrected chi connectivity index (χ3v) is 8.23. The number of hydrogen-bond donors (Lipinski definition) is 2. The number of hydrogen-bond acceptors (Lipinski definition) is 4. The summed E-state index contributed by atoms with van der Waals surface area (Å²) < 4.78 is 5.46. The molecule has 1 aromatic carbocycles. The molecule has 4 aliphatic carbocycles. The molecule has 1 heterocycles. The number of carbonyl (C=O) groups is 2. The van der Waals surface area contributed by atoms with Gasteiger partial charge in [0.1, 0.15) is 0 Å². The van der Waals surface area contributed by atoms with Crippen molar-refractivity contribution in [1.82, 2.24) is 15.5 Å². The molecule has 6 heteroatoms. The van der Waals surface area contributed by atoms with Crippen LogP contribution in [0.4, 0.5) is 0 Å². The van der Waals surface area contributed by atoms with Gasteiger partial charge in [-0.05, 0) is 67.3 Å². The van der Waals surface area contributed by atoms with Crippen molar-refractivity contribution in [2.75, 3.05) is 39.4 Å². The molecule has 4 saturated carbocycles. The van der Waals surface area contributed by atoms with Crippen LogP contribution >= 0.6 is 0 Å². The van der Waals surface area contributed by atoms with Gasteiger partial charge in [0.05, 0.1) is 25.8 Å². The number of carbonyl (C=O) groups excluding carboxylic acids is 2. The van der Waals surface area contributed by atoms with Gasteiger partial charge in [-0.15, -0.1) is 0 Å². The molecule has 6 rings (SSSR count). The van der Waals surface area contributed by atoms with Crippen LogP contribution in [0.15, 0.2) is 30.3 Å². The van der Waals surface area contributed by atoms with Crippen molar-refractivity contribution >= 4 is 11.8 Å². The summed E-state index contributed by atoms with van der Waals surface area (Å²) in [5.74, 6) is 2.44. The van der Waals surface area contributed by atoms with E-state index in [-0.39, 0.29) is 29.8 Å². The van der Waals surface area contributed by atoms with Crippen LogP contribution in [0.1, 0.15) is 56.6 Å². The highest BCUT2D eigenvalue weighted by molar-refractivity contribution is 5.85. The summed E-state index contributed by atoms with van der Waals surface area (Å²) in [7, 11) is 0. The number of nitrogens with zero attached hydrogens (tertiary/aromatic N) is 1. The number of morpholine rings is 1. The van der Waals surface area contributed by atoms with Gasteiger partial charge in [-0.2, -0.15) is 0 Å². The minimum atomic E-state index is -0.119. The molecule has 1 saturated heterocycles. The SMILES string of the molecule is O=C(CC12CC3CC(CC(C3)C1)C2)NCC(=O)NC(CN1CCOCC1)c1ccccc1. The zero-order valence-corrected chi connectivity index (χ0v) is 19.1. The maximum Gasteiger partial charge on any atom is 0.239 e. The Morgan fingerprint density at radius 1 is 0.969 bits per heavy atom. The molecule has 6 nitrogen and oxygen atoms in total. The molecular formula is C26H37N3O3. The molecule has 2 amide bonds. The van der Waals surface area contributed by atoms with Crippen molar-refractivity contribution in [2.24, 2.45) is 23.2 Å². The standard InChI is InChI=1S/C26H37N3O3/c30-24(16-26-13-19-10-20(14-26)12-21(11-19)15-26)27-17-25(31)28-23(22-4-2-1-3-5-22)18-29-6-8-32-9-7-29/h1-5,19-21,23H,6-18H2,(H,27,30)(H,28,31). The summed E-state index contributed by atoms with van der Waals surface area (Å²) in [6.45, 7) is 4.02. The Balaban J connectivity index is 1.13. The van der Waals surface area contributed by atoms with E-state index in [1.54, 1.807) is 0 Å². The predicted octanol–water partition coefficient (Wildman–Crippen LogP) is 2.90. The van der Waals surface area contributed by atoms with Crippen LogP contribution in [0, 0.1) is 23.2 Å². The van der Waals surface area contributed by atoms with Crippen LogP contribution in [-0.4, -0.2) is 56.1 Å². The molecule has 174 valence electrons. The van der Waals surface area contributed by atoms with Crippen molar-refractivity contribution in [2.45, 2.75) is 51.0 Å². The van der Waals surface area contributed by atoms with Gasteiger partial charge in [-0.1, -0.05) is 30.3 Å². The van der Waals surface area contributed by atoms with Crippen LogP contribution in [0.2, 0.25) is 0 Å². The second-order valence-electron chi connectivity index (χ2n) is 10.8. The maximum absolute atomic E-state index is 12.8. The van der Waals surface area contributed by atoms with Crippen LogP contribution in [0.3, 0.4) is 0 Å². The summed E-state index contributed by atoms with van der Waals surface area (Å²) in [4.78, 5) is 27.9. The van der Waals surface area contributed by atoms with E-state index < -0.39 is 0 Å². The fourth-order valence-corrected chi connectivity index (χ4v) is 7.30.